The second kappa shape index (κ2) is 7.28. The number of unbranched alkanes of at least 4 members (excludes halogenated alkanes) is 1. The van der Waals surface area contributed by atoms with E-state index in [9.17, 15) is 4.79 Å². The van der Waals surface area contributed by atoms with Crippen molar-refractivity contribution in [2.75, 3.05) is 27.2 Å². The standard InChI is InChI=1S/C12H26NO2.BrH/c1-7-8-9-13(5,6)10-11(14)15-12(2,3)4;/h7-10H2,1-6H3;1H/q+1;/p-1. The van der Waals surface area contributed by atoms with Gasteiger partial charge in [-0.3, -0.25) is 0 Å². The van der Waals surface area contributed by atoms with Crippen LogP contribution in [0.25, 0.3) is 0 Å². The van der Waals surface area contributed by atoms with E-state index in [0.717, 1.165) is 19.4 Å². The average molecular weight is 296 g/mol. The summed E-state index contributed by atoms with van der Waals surface area (Å²) in [5.41, 5.74) is -0.373. The van der Waals surface area contributed by atoms with Gasteiger partial charge in [-0.25, -0.2) is 4.79 Å². The number of nitrogens with zero attached hydrogens (tertiary/aromatic N) is 1. The lowest BCUT2D eigenvalue weighted by Crippen LogP contribution is -3.00. The van der Waals surface area contributed by atoms with Crippen molar-refractivity contribution in [2.24, 2.45) is 0 Å². The van der Waals surface area contributed by atoms with Crippen molar-refractivity contribution in [3.63, 3.8) is 0 Å². The van der Waals surface area contributed by atoms with E-state index in [1.165, 1.54) is 0 Å². The first-order valence-electron chi connectivity index (χ1n) is 5.70. The van der Waals surface area contributed by atoms with Gasteiger partial charge in [-0.1, -0.05) is 13.3 Å². The predicted molar refractivity (Wildman–Crippen MR) is 62.6 cm³/mol. The number of hydrogen-bond donors (Lipinski definition) is 0. The third kappa shape index (κ3) is 10.4. The quantitative estimate of drug-likeness (QED) is 0.491. The summed E-state index contributed by atoms with van der Waals surface area (Å²) in [7, 11) is 4.14. The van der Waals surface area contributed by atoms with Crippen molar-refractivity contribution in [2.45, 2.75) is 46.1 Å². The summed E-state index contributed by atoms with van der Waals surface area (Å²) in [6.07, 6.45) is 2.31. The van der Waals surface area contributed by atoms with E-state index in [-0.39, 0.29) is 28.6 Å². The molecule has 0 aliphatic heterocycles. The van der Waals surface area contributed by atoms with Crippen LogP contribution in [0.15, 0.2) is 0 Å². The summed E-state index contributed by atoms with van der Waals surface area (Å²) >= 11 is 0. The molecule has 0 heterocycles. The van der Waals surface area contributed by atoms with Gasteiger partial charge in [0.2, 0.25) is 0 Å². The van der Waals surface area contributed by atoms with E-state index in [2.05, 4.69) is 21.0 Å². The van der Waals surface area contributed by atoms with E-state index in [0.29, 0.717) is 11.0 Å². The number of carbonyl (C=O) groups is 1. The van der Waals surface area contributed by atoms with Crippen molar-refractivity contribution < 1.29 is 31.0 Å². The lowest BCUT2D eigenvalue weighted by Gasteiger charge is -2.30. The van der Waals surface area contributed by atoms with E-state index in [1.807, 2.05) is 20.8 Å². The molecule has 0 aliphatic rings. The molecule has 0 atom stereocenters. The van der Waals surface area contributed by atoms with Gasteiger partial charge in [-0.15, -0.1) is 0 Å². The Morgan fingerprint density at radius 2 is 1.75 bits per heavy atom. The van der Waals surface area contributed by atoms with E-state index in [4.69, 9.17) is 4.74 Å². The number of carbonyl (C=O) groups excluding carboxylic acids is 1. The van der Waals surface area contributed by atoms with Crippen LogP contribution < -0.4 is 17.0 Å². The topological polar surface area (TPSA) is 26.3 Å². The molecule has 0 saturated carbocycles. The molecule has 0 aromatic heterocycles. The molecule has 98 valence electrons. The van der Waals surface area contributed by atoms with Crippen molar-refractivity contribution in [1.82, 2.24) is 0 Å². The van der Waals surface area contributed by atoms with Crippen molar-refractivity contribution in [3.05, 3.63) is 0 Å². The van der Waals surface area contributed by atoms with Crippen LogP contribution in [0.2, 0.25) is 0 Å². The molecule has 0 N–H and O–H groups in total. The van der Waals surface area contributed by atoms with Crippen LogP contribution in [-0.4, -0.2) is 43.2 Å². The fourth-order valence-corrected chi connectivity index (χ4v) is 1.39. The van der Waals surface area contributed by atoms with Crippen molar-refractivity contribution in [3.8, 4) is 0 Å². The zero-order valence-corrected chi connectivity index (χ0v) is 13.1. The van der Waals surface area contributed by atoms with Crippen molar-refractivity contribution >= 4 is 5.97 Å². The van der Waals surface area contributed by atoms with Gasteiger partial charge >= 0.3 is 5.97 Å². The van der Waals surface area contributed by atoms with Gasteiger partial charge in [0.1, 0.15) is 5.60 Å². The molecule has 4 heteroatoms. The van der Waals surface area contributed by atoms with Crippen LogP contribution in [0.5, 0.6) is 0 Å². The minimum Gasteiger partial charge on any atom is -1.00 e. The predicted octanol–water partition coefficient (Wildman–Crippen LogP) is -0.791. The molecule has 0 aromatic carbocycles. The summed E-state index contributed by atoms with van der Waals surface area (Å²) in [5.74, 6) is -0.108. The highest BCUT2D eigenvalue weighted by Crippen LogP contribution is 2.09. The first kappa shape index (κ1) is 18.3. The Labute approximate surface area is 111 Å². The Hall–Kier alpha value is -0.0900. The molecule has 0 aromatic rings. The number of ether oxygens (including phenoxy) is 1. The highest BCUT2D eigenvalue weighted by Gasteiger charge is 2.24. The summed E-state index contributed by atoms with van der Waals surface area (Å²) < 4.78 is 6.01. The highest BCUT2D eigenvalue weighted by atomic mass is 79.9. The number of likely N-dealkylation sites (N-methyl/N-ethyl adjacent to an activating group) is 1. The lowest BCUT2D eigenvalue weighted by molar-refractivity contribution is -0.883. The monoisotopic (exact) mass is 295 g/mol. The fourth-order valence-electron chi connectivity index (χ4n) is 1.39. The van der Waals surface area contributed by atoms with Gasteiger partial charge in [-0.05, 0) is 27.2 Å². The number of halogens is 1. The van der Waals surface area contributed by atoms with Gasteiger partial charge < -0.3 is 26.2 Å². The van der Waals surface area contributed by atoms with E-state index >= 15 is 0 Å². The smallest absolute Gasteiger partial charge is 0.362 e. The molecule has 3 nitrogen and oxygen atoms in total. The zero-order valence-electron chi connectivity index (χ0n) is 11.5. The Balaban J connectivity index is 0. The molecule has 16 heavy (non-hydrogen) atoms. The number of hydrogen-bond acceptors (Lipinski definition) is 2. The minimum atomic E-state index is -0.373. The van der Waals surface area contributed by atoms with E-state index < -0.39 is 0 Å². The summed E-state index contributed by atoms with van der Waals surface area (Å²) in [6.45, 7) is 9.34. The molecule has 0 fully saturated rings. The van der Waals surface area contributed by atoms with Crippen LogP contribution in [0, 0.1) is 0 Å². The fraction of sp³-hybridized carbons (Fsp3) is 0.917. The van der Waals surface area contributed by atoms with Gasteiger partial charge in [0, 0.05) is 0 Å². The second-order valence-corrected chi connectivity index (χ2v) is 5.76. The Bertz CT molecular complexity index is 210. The molecular weight excluding hydrogens is 270 g/mol. The SMILES string of the molecule is CCCC[N+](C)(C)CC(=O)OC(C)(C)C.[Br-]. The normalized spacial score (nSPS) is 11.9. The molecule has 0 unspecified atom stereocenters. The average Bonchev–Trinajstić information content (AvgIpc) is 1.95. The Kier molecular flexibility index (Phi) is 8.31. The molecular formula is C12H26BrNO2. The van der Waals surface area contributed by atoms with Crippen LogP contribution in [-0.2, 0) is 9.53 Å². The molecule has 0 bridgehead atoms. The third-order valence-electron chi connectivity index (χ3n) is 2.09. The summed E-state index contributed by atoms with van der Waals surface area (Å²) in [5, 5.41) is 0. The molecule has 0 amide bonds. The maximum absolute atomic E-state index is 11.6. The van der Waals surface area contributed by atoms with Gasteiger partial charge in [0.05, 0.1) is 20.6 Å². The molecule has 0 aliphatic carbocycles. The Morgan fingerprint density at radius 1 is 1.25 bits per heavy atom. The van der Waals surface area contributed by atoms with Gasteiger partial charge in [0.25, 0.3) is 0 Å². The Morgan fingerprint density at radius 3 is 2.12 bits per heavy atom. The first-order valence-corrected chi connectivity index (χ1v) is 5.70. The molecule has 0 radical (unpaired) electrons. The van der Waals surface area contributed by atoms with Gasteiger partial charge in [-0.2, -0.15) is 0 Å². The number of rotatable bonds is 5. The van der Waals surface area contributed by atoms with Crippen LogP contribution in [0.4, 0.5) is 0 Å². The van der Waals surface area contributed by atoms with Crippen LogP contribution >= 0.6 is 0 Å². The molecule has 0 rings (SSSR count). The number of quaternary nitrogens is 1. The minimum absolute atomic E-state index is 0. The maximum atomic E-state index is 11.6. The summed E-state index contributed by atoms with van der Waals surface area (Å²) in [4.78, 5) is 11.6. The highest BCUT2D eigenvalue weighted by molar-refractivity contribution is 5.71. The second-order valence-electron chi connectivity index (χ2n) is 5.76. The zero-order chi connectivity index (χ0) is 12.1. The van der Waals surface area contributed by atoms with Crippen molar-refractivity contribution in [1.29, 1.82) is 0 Å². The van der Waals surface area contributed by atoms with E-state index in [1.54, 1.807) is 0 Å². The lowest BCUT2D eigenvalue weighted by atomic mass is 10.2. The van der Waals surface area contributed by atoms with Crippen LogP contribution in [0.3, 0.4) is 0 Å². The largest absolute Gasteiger partial charge is 1.00 e. The first-order chi connectivity index (χ1) is 6.66. The van der Waals surface area contributed by atoms with Crippen LogP contribution in [0.1, 0.15) is 40.5 Å². The number of esters is 1. The molecule has 0 spiro atoms. The molecule has 0 saturated heterocycles. The van der Waals surface area contributed by atoms with Gasteiger partial charge in [0.15, 0.2) is 6.54 Å². The third-order valence-corrected chi connectivity index (χ3v) is 2.09. The maximum Gasteiger partial charge on any atom is 0.362 e. The summed E-state index contributed by atoms with van der Waals surface area (Å²) in [6, 6.07) is 0.